The van der Waals surface area contributed by atoms with Gasteiger partial charge in [-0.3, -0.25) is 9.59 Å². The fourth-order valence-corrected chi connectivity index (χ4v) is 3.80. The van der Waals surface area contributed by atoms with Crippen LogP contribution in [0.25, 0.3) is 0 Å². The average Bonchev–Trinajstić information content (AvgIpc) is 3.03. The maximum atomic E-state index is 12.6. The van der Waals surface area contributed by atoms with Crippen LogP contribution >= 0.6 is 11.8 Å². The third-order valence-corrected chi connectivity index (χ3v) is 4.92. The number of carbonyl (C=O) groups is 3. The zero-order valence-corrected chi connectivity index (χ0v) is 13.9. The number of hydrogen-bond donors (Lipinski definition) is 0. The van der Waals surface area contributed by atoms with Gasteiger partial charge in [-0.05, 0) is 6.92 Å². The van der Waals surface area contributed by atoms with Crippen LogP contribution in [-0.4, -0.2) is 83.1 Å². The molecular formula is C14H23N3O4S. The minimum atomic E-state index is -0.355. The van der Waals surface area contributed by atoms with Crippen molar-refractivity contribution in [1.29, 1.82) is 0 Å². The van der Waals surface area contributed by atoms with Gasteiger partial charge in [-0.25, -0.2) is 4.79 Å². The van der Waals surface area contributed by atoms with Crippen molar-refractivity contribution >= 4 is 29.7 Å². The van der Waals surface area contributed by atoms with Crippen molar-refractivity contribution < 1.29 is 19.1 Å². The molecule has 7 nitrogen and oxygen atoms in total. The molecule has 1 atom stereocenters. The van der Waals surface area contributed by atoms with E-state index < -0.39 is 0 Å². The summed E-state index contributed by atoms with van der Waals surface area (Å²) in [6.07, 6.45) is 0.0925. The average molecular weight is 329 g/mol. The smallest absolute Gasteiger partial charge is 0.409 e. The molecule has 2 rings (SSSR count). The van der Waals surface area contributed by atoms with Crippen molar-refractivity contribution in [2.45, 2.75) is 26.3 Å². The summed E-state index contributed by atoms with van der Waals surface area (Å²) in [6, 6.07) is -0.355. The van der Waals surface area contributed by atoms with Crippen LogP contribution in [0.1, 0.15) is 20.3 Å². The zero-order chi connectivity index (χ0) is 16.1. The van der Waals surface area contributed by atoms with Crippen LogP contribution in [0.4, 0.5) is 4.79 Å². The number of thioether (sulfide) groups is 1. The van der Waals surface area contributed by atoms with Crippen LogP contribution in [0.5, 0.6) is 0 Å². The predicted octanol–water partition coefficient (Wildman–Crippen LogP) is 0.599. The first kappa shape index (κ1) is 16.9. The van der Waals surface area contributed by atoms with Crippen LogP contribution in [0.3, 0.4) is 0 Å². The monoisotopic (exact) mass is 329 g/mol. The molecule has 3 amide bonds. The number of ether oxygens (including phenoxy) is 1. The molecule has 0 bridgehead atoms. The first-order chi connectivity index (χ1) is 10.6. The molecule has 8 heteroatoms. The molecule has 0 aromatic rings. The molecule has 1 unspecified atom stereocenters. The van der Waals surface area contributed by atoms with Gasteiger partial charge in [0, 0.05) is 38.4 Å². The maximum Gasteiger partial charge on any atom is 0.409 e. The number of nitrogens with zero attached hydrogens (tertiary/aromatic N) is 3. The van der Waals surface area contributed by atoms with Crippen molar-refractivity contribution in [3.05, 3.63) is 0 Å². The maximum absolute atomic E-state index is 12.6. The molecule has 2 heterocycles. The summed E-state index contributed by atoms with van der Waals surface area (Å²) in [5.74, 6) is 1.26. The molecule has 0 N–H and O–H groups in total. The number of piperazine rings is 1. The lowest BCUT2D eigenvalue weighted by Gasteiger charge is -2.36. The van der Waals surface area contributed by atoms with Crippen molar-refractivity contribution in [2.75, 3.05) is 44.4 Å². The molecule has 0 aromatic carbocycles. The lowest BCUT2D eigenvalue weighted by molar-refractivity contribution is -0.144. The first-order valence-electron chi connectivity index (χ1n) is 7.66. The molecular weight excluding hydrogens is 306 g/mol. The second-order valence-corrected chi connectivity index (χ2v) is 6.24. The Kier molecular flexibility index (Phi) is 5.93. The minimum Gasteiger partial charge on any atom is -0.450 e. The Hall–Kier alpha value is -1.44. The molecule has 2 saturated heterocycles. The fraction of sp³-hybridized carbons (Fsp3) is 0.786. The Bertz CT molecular complexity index is 438. The summed E-state index contributed by atoms with van der Waals surface area (Å²) in [5, 5.41) is 0. The van der Waals surface area contributed by atoms with Gasteiger partial charge in [0.15, 0.2) is 0 Å². The summed E-state index contributed by atoms with van der Waals surface area (Å²) in [4.78, 5) is 41.2. The van der Waals surface area contributed by atoms with Gasteiger partial charge in [0.1, 0.15) is 6.04 Å². The minimum absolute atomic E-state index is 0.00434. The van der Waals surface area contributed by atoms with E-state index in [-0.39, 0.29) is 23.9 Å². The highest BCUT2D eigenvalue weighted by atomic mass is 32.2. The molecule has 0 aromatic heterocycles. The molecule has 0 radical (unpaired) electrons. The Morgan fingerprint density at radius 2 is 1.73 bits per heavy atom. The van der Waals surface area contributed by atoms with Gasteiger partial charge >= 0.3 is 6.09 Å². The lowest BCUT2D eigenvalue weighted by Crippen LogP contribution is -2.56. The van der Waals surface area contributed by atoms with Crippen LogP contribution < -0.4 is 0 Å². The number of carbonyl (C=O) groups excluding carboxylic acids is 3. The van der Waals surface area contributed by atoms with E-state index in [0.717, 1.165) is 0 Å². The van der Waals surface area contributed by atoms with E-state index in [4.69, 9.17) is 4.74 Å². The quantitative estimate of drug-likeness (QED) is 0.758. The second-order valence-electron chi connectivity index (χ2n) is 5.24. The largest absolute Gasteiger partial charge is 0.450 e. The third-order valence-electron chi connectivity index (χ3n) is 3.91. The van der Waals surface area contributed by atoms with Gasteiger partial charge in [0.25, 0.3) is 0 Å². The summed E-state index contributed by atoms with van der Waals surface area (Å²) in [7, 11) is 0. The van der Waals surface area contributed by atoms with E-state index >= 15 is 0 Å². The molecule has 2 aliphatic rings. The molecule has 0 saturated carbocycles. The highest BCUT2D eigenvalue weighted by Gasteiger charge is 2.37. The lowest BCUT2D eigenvalue weighted by atomic mass is 10.2. The predicted molar refractivity (Wildman–Crippen MR) is 83.4 cm³/mol. The van der Waals surface area contributed by atoms with Crippen molar-refractivity contribution in [1.82, 2.24) is 14.7 Å². The first-order valence-corrected chi connectivity index (χ1v) is 8.81. The van der Waals surface area contributed by atoms with Crippen LogP contribution in [0, 0.1) is 0 Å². The topological polar surface area (TPSA) is 70.2 Å². The van der Waals surface area contributed by atoms with E-state index in [0.29, 0.717) is 50.8 Å². The second kappa shape index (κ2) is 7.71. The van der Waals surface area contributed by atoms with Gasteiger partial charge < -0.3 is 19.4 Å². The highest BCUT2D eigenvalue weighted by Crippen LogP contribution is 2.23. The molecule has 22 heavy (non-hydrogen) atoms. The third kappa shape index (κ3) is 3.66. The molecule has 2 fully saturated rings. The van der Waals surface area contributed by atoms with Crippen LogP contribution in [0.2, 0.25) is 0 Å². The molecule has 124 valence electrons. The molecule has 0 spiro atoms. The normalized spacial score (nSPS) is 21.9. The van der Waals surface area contributed by atoms with Crippen molar-refractivity contribution in [3.8, 4) is 0 Å². The van der Waals surface area contributed by atoms with E-state index in [9.17, 15) is 14.4 Å². The van der Waals surface area contributed by atoms with Gasteiger partial charge in [0.2, 0.25) is 11.8 Å². The van der Waals surface area contributed by atoms with Gasteiger partial charge in [-0.2, -0.15) is 0 Å². The Morgan fingerprint density at radius 1 is 1.09 bits per heavy atom. The number of hydrogen-bond acceptors (Lipinski definition) is 5. The van der Waals surface area contributed by atoms with Crippen molar-refractivity contribution in [2.24, 2.45) is 0 Å². The van der Waals surface area contributed by atoms with Crippen molar-refractivity contribution in [3.63, 3.8) is 0 Å². The van der Waals surface area contributed by atoms with Gasteiger partial charge in [0.05, 0.1) is 12.5 Å². The molecule has 0 aliphatic carbocycles. The Labute approximate surface area is 134 Å². The fourth-order valence-electron chi connectivity index (χ4n) is 2.63. The summed E-state index contributed by atoms with van der Waals surface area (Å²) in [6.45, 7) is 5.88. The summed E-state index contributed by atoms with van der Waals surface area (Å²) >= 11 is 1.61. The van der Waals surface area contributed by atoms with E-state index in [1.807, 2.05) is 6.92 Å². The van der Waals surface area contributed by atoms with Crippen LogP contribution in [0.15, 0.2) is 0 Å². The highest BCUT2D eigenvalue weighted by molar-refractivity contribution is 7.99. The zero-order valence-electron chi connectivity index (χ0n) is 13.1. The summed E-state index contributed by atoms with van der Waals surface area (Å²) in [5.41, 5.74) is 0. The SMILES string of the molecule is CCOC(=O)N1CCN(C(=O)C2CSCN2C(=O)CC)CC1. The van der Waals surface area contributed by atoms with E-state index in [1.165, 1.54) is 0 Å². The number of amides is 3. The van der Waals surface area contributed by atoms with Crippen LogP contribution in [-0.2, 0) is 14.3 Å². The summed E-state index contributed by atoms with van der Waals surface area (Å²) < 4.78 is 4.97. The molecule has 2 aliphatic heterocycles. The number of rotatable bonds is 3. The Balaban J connectivity index is 1.89. The Morgan fingerprint density at radius 3 is 2.32 bits per heavy atom. The standard InChI is InChI=1S/C14H23N3O4S/c1-3-12(18)17-10-22-9-11(17)13(19)15-5-7-16(8-6-15)14(20)21-4-2/h11H,3-10H2,1-2H3. The van der Waals surface area contributed by atoms with Gasteiger partial charge in [-0.15, -0.1) is 11.8 Å². The van der Waals surface area contributed by atoms with E-state index in [2.05, 4.69) is 0 Å². The van der Waals surface area contributed by atoms with E-state index in [1.54, 1.807) is 33.4 Å². The van der Waals surface area contributed by atoms with Gasteiger partial charge in [-0.1, -0.05) is 6.92 Å².